The largest absolute Gasteiger partial charge is 0.362 e. The minimum atomic E-state index is 0. The maximum absolute atomic E-state index is 2.31. The molecule has 1 radical (unpaired) electrons. The first kappa shape index (κ1) is 10.4. The zero-order chi connectivity index (χ0) is 6.69. The van der Waals surface area contributed by atoms with Crippen LogP contribution in [0.15, 0.2) is 12.4 Å². The van der Waals surface area contributed by atoms with E-state index >= 15 is 0 Å². The molecule has 0 N–H and O–H groups in total. The smallest absolute Gasteiger partial charge is 0.0890 e. The van der Waals surface area contributed by atoms with Crippen molar-refractivity contribution in [3.05, 3.63) is 12.4 Å². The molecule has 0 saturated carbocycles. The van der Waals surface area contributed by atoms with E-state index in [0.717, 1.165) is 6.67 Å². The van der Waals surface area contributed by atoms with Gasteiger partial charge >= 0.3 is 0 Å². The van der Waals surface area contributed by atoms with Gasteiger partial charge in [0.15, 0.2) is 0 Å². The number of nitrogens with zero attached hydrogens (tertiary/aromatic N) is 2. The van der Waals surface area contributed by atoms with Gasteiger partial charge in [0, 0.05) is 58.7 Å². The van der Waals surface area contributed by atoms with Gasteiger partial charge in [-0.05, 0) is 6.42 Å². The predicted octanol–water partition coefficient (Wildman–Crippen LogP) is 1.07. The topological polar surface area (TPSA) is 6.48 Å². The molecule has 3 heteroatoms. The molecule has 0 fully saturated rings. The molecule has 1 rings (SSSR count). The first-order chi connectivity index (χ1) is 4.33. The van der Waals surface area contributed by atoms with Gasteiger partial charge in [-0.15, -0.1) is 0 Å². The van der Waals surface area contributed by atoms with E-state index in [2.05, 4.69) is 36.2 Å². The van der Waals surface area contributed by atoms with Crippen LogP contribution in [-0.2, 0) is 32.7 Å². The van der Waals surface area contributed by atoms with Crippen molar-refractivity contribution >= 4 is 0 Å². The summed E-state index contributed by atoms with van der Waals surface area (Å²) >= 11 is 0. The van der Waals surface area contributed by atoms with Crippen LogP contribution in [0.25, 0.3) is 0 Å². The average Bonchev–Trinajstić information content (AvgIpc) is 2.17. The number of hydrogen-bond acceptors (Lipinski definition) is 2. The van der Waals surface area contributed by atoms with Crippen LogP contribution in [0.2, 0.25) is 0 Å². The standard InChI is InChI=1S/C7H14N2.Y/c1-3-4-9-6-5-8(2)7-9;/h5-6H,3-4,7H2,1-2H3;. The van der Waals surface area contributed by atoms with E-state index in [-0.39, 0.29) is 32.7 Å². The Hall–Kier alpha value is 0.444. The SMILES string of the molecule is CCCN1C=CN(C)C1.[Y]. The molecule has 0 saturated heterocycles. The van der Waals surface area contributed by atoms with Gasteiger partial charge in [-0.3, -0.25) is 0 Å². The fourth-order valence-electron chi connectivity index (χ4n) is 1.02. The van der Waals surface area contributed by atoms with Gasteiger partial charge in [0.05, 0.1) is 6.67 Å². The first-order valence-corrected chi connectivity index (χ1v) is 3.45. The van der Waals surface area contributed by atoms with Crippen LogP contribution < -0.4 is 0 Å². The minimum absolute atomic E-state index is 0. The number of rotatable bonds is 2. The third kappa shape index (κ3) is 3.02. The quantitative estimate of drug-likeness (QED) is 0.679. The first-order valence-electron chi connectivity index (χ1n) is 3.45. The second kappa shape index (κ2) is 5.14. The van der Waals surface area contributed by atoms with E-state index < -0.39 is 0 Å². The van der Waals surface area contributed by atoms with Gasteiger partial charge in [0.25, 0.3) is 0 Å². The molecule has 1 aliphatic heterocycles. The van der Waals surface area contributed by atoms with Crippen molar-refractivity contribution < 1.29 is 32.7 Å². The Labute approximate surface area is 88.1 Å². The summed E-state index contributed by atoms with van der Waals surface area (Å²) in [6, 6.07) is 0. The second-order valence-electron chi connectivity index (χ2n) is 2.51. The summed E-state index contributed by atoms with van der Waals surface area (Å²) in [5.74, 6) is 0. The van der Waals surface area contributed by atoms with Crippen LogP contribution in [0.5, 0.6) is 0 Å². The Balaban J connectivity index is 0.000000810. The van der Waals surface area contributed by atoms with Gasteiger partial charge in [-0.1, -0.05) is 6.92 Å². The van der Waals surface area contributed by atoms with Crippen molar-refractivity contribution in [2.45, 2.75) is 13.3 Å². The van der Waals surface area contributed by atoms with Gasteiger partial charge < -0.3 is 9.80 Å². The van der Waals surface area contributed by atoms with Crippen molar-refractivity contribution in [1.29, 1.82) is 0 Å². The van der Waals surface area contributed by atoms with Crippen LogP contribution in [0.3, 0.4) is 0 Å². The molecule has 55 valence electrons. The molecule has 0 bridgehead atoms. The molecule has 0 unspecified atom stereocenters. The van der Waals surface area contributed by atoms with Gasteiger partial charge in [0.2, 0.25) is 0 Å². The van der Waals surface area contributed by atoms with Crippen molar-refractivity contribution in [2.75, 3.05) is 20.3 Å². The van der Waals surface area contributed by atoms with E-state index in [1.165, 1.54) is 13.0 Å². The molecule has 0 aromatic heterocycles. The predicted molar refractivity (Wildman–Crippen MR) is 38.8 cm³/mol. The molecule has 1 heterocycles. The zero-order valence-corrected chi connectivity index (χ0v) is 9.59. The molecule has 0 aromatic rings. The molecule has 0 amide bonds. The average molecular weight is 215 g/mol. The molecule has 1 aliphatic rings. The van der Waals surface area contributed by atoms with E-state index in [1.807, 2.05) is 0 Å². The Kier molecular flexibility index (Phi) is 5.37. The summed E-state index contributed by atoms with van der Waals surface area (Å²) in [6.45, 7) is 4.45. The van der Waals surface area contributed by atoms with Crippen LogP contribution in [0.4, 0.5) is 0 Å². The van der Waals surface area contributed by atoms with E-state index in [4.69, 9.17) is 0 Å². The Morgan fingerprint density at radius 2 is 2.10 bits per heavy atom. The summed E-state index contributed by atoms with van der Waals surface area (Å²) < 4.78 is 0. The normalized spacial score (nSPS) is 15.8. The molecule has 0 aromatic carbocycles. The maximum Gasteiger partial charge on any atom is 0.0890 e. The molecular formula is C7H14N2Y. The van der Waals surface area contributed by atoms with Gasteiger partial charge in [0.1, 0.15) is 0 Å². The van der Waals surface area contributed by atoms with Crippen LogP contribution in [0, 0.1) is 0 Å². The van der Waals surface area contributed by atoms with Gasteiger partial charge in [-0.2, -0.15) is 0 Å². The van der Waals surface area contributed by atoms with Gasteiger partial charge in [-0.25, -0.2) is 0 Å². The molecule has 0 atom stereocenters. The Morgan fingerprint density at radius 3 is 2.50 bits per heavy atom. The monoisotopic (exact) mass is 215 g/mol. The summed E-state index contributed by atoms with van der Waals surface area (Å²) in [5, 5.41) is 0. The van der Waals surface area contributed by atoms with Crippen molar-refractivity contribution in [3.8, 4) is 0 Å². The summed E-state index contributed by atoms with van der Waals surface area (Å²) in [6.07, 6.45) is 5.48. The summed E-state index contributed by atoms with van der Waals surface area (Å²) in [7, 11) is 2.09. The van der Waals surface area contributed by atoms with Crippen molar-refractivity contribution in [3.63, 3.8) is 0 Å². The fraction of sp³-hybridized carbons (Fsp3) is 0.714. The van der Waals surface area contributed by atoms with E-state index in [1.54, 1.807) is 0 Å². The van der Waals surface area contributed by atoms with Crippen LogP contribution in [-0.4, -0.2) is 30.1 Å². The van der Waals surface area contributed by atoms with Crippen molar-refractivity contribution in [1.82, 2.24) is 9.80 Å². The second-order valence-corrected chi connectivity index (χ2v) is 2.51. The van der Waals surface area contributed by atoms with Crippen LogP contribution in [0.1, 0.15) is 13.3 Å². The van der Waals surface area contributed by atoms with E-state index in [0.29, 0.717) is 0 Å². The Bertz CT molecular complexity index is 114. The van der Waals surface area contributed by atoms with E-state index in [9.17, 15) is 0 Å². The maximum atomic E-state index is 2.31. The fourth-order valence-corrected chi connectivity index (χ4v) is 1.02. The summed E-state index contributed by atoms with van der Waals surface area (Å²) in [5.41, 5.74) is 0. The molecular weight excluding hydrogens is 201 g/mol. The molecule has 2 nitrogen and oxygen atoms in total. The molecule has 10 heavy (non-hydrogen) atoms. The molecule has 0 spiro atoms. The van der Waals surface area contributed by atoms with Crippen LogP contribution >= 0.6 is 0 Å². The Morgan fingerprint density at radius 1 is 1.40 bits per heavy atom. The zero-order valence-electron chi connectivity index (χ0n) is 6.75. The number of hydrogen-bond donors (Lipinski definition) is 0. The minimum Gasteiger partial charge on any atom is -0.362 e. The third-order valence-corrected chi connectivity index (χ3v) is 1.45. The third-order valence-electron chi connectivity index (χ3n) is 1.45. The van der Waals surface area contributed by atoms with Crippen molar-refractivity contribution in [2.24, 2.45) is 0 Å². The molecule has 0 aliphatic carbocycles. The summed E-state index contributed by atoms with van der Waals surface area (Å²) in [4.78, 5) is 4.48.